The van der Waals surface area contributed by atoms with Crippen LogP contribution in [0.15, 0.2) is 0 Å². The SMILES string of the molecule is CC(C)C[C@H](NC(=O)[C@@H](NC(=O)[C@H](C)NC(=O)[C@@H](NC(=O)CN)C(C)C)C(C)C)C(=O)N[C@@H](CCCCN)C(=O)N[C@H](C(=O)NCC(=O)NCC(=O)N[C@H](C(=O)N[C@@H](CO)C(=O)N[C@@H](CC(=O)O)C(=O)N[C@H](C(=O)O)C(C)C)[C@@H](C)O)C(C)C. The van der Waals surface area contributed by atoms with Gasteiger partial charge in [-0.25, -0.2) is 4.79 Å². The summed E-state index contributed by atoms with van der Waals surface area (Å²) in [5, 5.41) is 67.5. The maximum atomic E-state index is 14.0. The number of carbonyl (C=O) groups is 14. The smallest absolute Gasteiger partial charge is 0.326 e. The van der Waals surface area contributed by atoms with E-state index in [1.54, 1.807) is 55.4 Å². The van der Waals surface area contributed by atoms with Crippen LogP contribution < -0.4 is 75.3 Å². The summed E-state index contributed by atoms with van der Waals surface area (Å²) in [6.07, 6.45) is -1.81. The summed E-state index contributed by atoms with van der Waals surface area (Å²) in [5.41, 5.74) is 11.1. The molecule has 0 bridgehead atoms. The molecule has 0 saturated carbocycles. The Labute approximate surface area is 488 Å². The predicted molar refractivity (Wildman–Crippen MR) is 300 cm³/mol. The third kappa shape index (κ3) is 28.1. The van der Waals surface area contributed by atoms with Crippen LogP contribution in [0, 0.1) is 29.6 Å². The summed E-state index contributed by atoms with van der Waals surface area (Å²) >= 11 is 0. The topological polar surface area (TPSA) is 516 Å². The number of aliphatic carboxylic acids is 2. The Morgan fingerprint density at radius 2 is 0.821 bits per heavy atom. The van der Waals surface area contributed by atoms with Crippen LogP contribution in [0.25, 0.3) is 0 Å². The van der Waals surface area contributed by atoms with Crippen molar-refractivity contribution in [3.05, 3.63) is 0 Å². The third-order valence-electron chi connectivity index (χ3n) is 12.6. The van der Waals surface area contributed by atoms with Crippen molar-refractivity contribution in [3.63, 3.8) is 0 Å². The zero-order valence-corrected chi connectivity index (χ0v) is 50.0. The van der Waals surface area contributed by atoms with Gasteiger partial charge in [-0.05, 0) is 75.7 Å². The molecular weight excluding hydrogens is 1110 g/mol. The number of carbonyl (C=O) groups excluding carboxylic acids is 12. The van der Waals surface area contributed by atoms with E-state index >= 15 is 0 Å². The molecule has 0 radical (unpaired) electrons. The van der Waals surface area contributed by atoms with Crippen molar-refractivity contribution >= 4 is 82.8 Å². The molecule has 0 fully saturated rings. The number of aliphatic hydroxyl groups is 2. The highest BCUT2D eigenvalue weighted by Crippen LogP contribution is 2.12. The van der Waals surface area contributed by atoms with Crippen LogP contribution in [-0.2, 0) is 67.1 Å². The van der Waals surface area contributed by atoms with E-state index in [1.165, 1.54) is 20.8 Å². The molecule has 0 aliphatic rings. The summed E-state index contributed by atoms with van der Waals surface area (Å²) in [7, 11) is 0. The molecule has 0 aliphatic carbocycles. The highest BCUT2D eigenvalue weighted by molar-refractivity contribution is 5.99. The Hall–Kier alpha value is -7.58. The van der Waals surface area contributed by atoms with E-state index in [4.69, 9.17) is 11.5 Å². The average molecular weight is 1200 g/mol. The number of aliphatic hydroxyl groups excluding tert-OH is 2. The van der Waals surface area contributed by atoms with Gasteiger partial charge in [-0.2, -0.15) is 0 Å². The molecule has 0 aliphatic heterocycles. The molecule has 0 unspecified atom stereocenters. The van der Waals surface area contributed by atoms with Crippen LogP contribution in [0.5, 0.6) is 0 Å². The van der Waals surface area contributed by atoms with Gasteiger partial charge in [-0.15, -0.1) is 0 Å². The third-order valence-corrected chi connectivity index (χ3v) is 12.6. The number of nitrogens with one attached hydrogen (secondary N) is 12. The van der Waals surface area contributed by atoms with Crippen LogP contribution in [0.1, 0.15) is 115 Å². The second-order valence-corrected chi connectivity index (χ2v) is 22.0. The van der Waals surface area contributed by atoms with Crippen molar-refractivity contribution in [2.75, 3.05) is 32.8 Å². The van der Waals surface area contributed by atoms with Gasteiger partial charge in [0, 0.05) is 0 Å². The summed E-state index contributed by atoms with van der Waals surface area (Å²) < 4.78 is 0. The first-order valence-electron chi connectivity index (χ1n) is 27.7. The number of rotatable bonds is 39. The van der Waals surface area contributed by atoms with Crippen LogP contribution in [0.2, 0.25) is 0 Å². The van der Waals surface area contributed by atoms with E-state index < -0.39 is 193 Å². The summed E-state index contributed by atoms with van der Waals surface area (Å²) in [4.78, 5) is 182. The minimum absolute atomic E-state index is 0.0382. The van der Waals surface area contributed by atoms with E-state index in [9.17, 15) is 87.5 Å². The molecule has 0 spiro atoms. The largest absolute Gasteiger partial charge is 0.481 e. The zero-order valence-electron chi connectivity index (χ0n) is 50.0. The Morgan fingerprint density at radius 1 is 0.405 bits per heavy atom. The normalized spacial score (nSPS) is 15.2. The lowest BCUT2D eigenvalue weighted by Gasteiger charge is -2.29. The van der Waals surface area contributed by atoms with Crippen molar-refractivity contribution in [1.29, 1.82) is 0 Å². The summed E-state index contributed by atoms with van der Waals surface area (Å²) in [6, 6.07) is -14.3. The highest BCUT2D eigenvalue weighted by atomic mass is 16.4. The Balaban J connectivity index is 5.99. The number of carboxylic acids is 2. The van der Waals surface area contributed by atoms with Gasteiger partial charge in [0.15, 0.2) is 0 Å². The molecule has 20 N–H and O–H groups in total. The number of hydrogen-bond donors (Lipinski definition) is 18. The van der Waals surface area contributed by atoms with E-state index in [1.807, 2.05) is 10.6 Å². The average Bonchev–Trinajstić information content (AvgIpc) is 3.48. The lowest BCUT2D eigenvalue weighted by Crippen LogP contribution is -2.61. The quantitative estimate of drug-likeness (QED) is 0.0255. The lowest BCUT2D eigenvalue weighted by atomic mass is 9.98. The molecule has 478 valence electrons. The van der Waals surface area contributed by atoms with Crippen molar-refractivity contribution in [3.8, 4) is 0 Å². The molecule has 0 saturated heterocycles. The van der Waals surface area contributed by atoms with Gasteiger partial charge in [-0.3, -0.25) is 62.3 Å². The van der Waals surface area contributed by atoms with Gasteiger partial charge in [0.2, 0.25) is 70.9 Å². The molecule has 0 heterocycles. The first-order chi connectivity index (χ1) is 39.0. The molecule has 0 rings (SSSR count). The van der Waals surface area contributed by atoms with Crippen LogP contribution in [-0.4, -0.2) is 203 Å². The number of amides is 12. The predicted octanol–water partition coefficient (Wildman–Crippen LogP) is -6.22. The van der Waals surface area contributed by atoms with Crippen molar-refractivity contribution in [2.45, 2.75) is 182 Å². The van der Waals surface area contributed by atoms with Crippen molar-refractivity contribution in [2.24, 2.45) is 41.1 Å². The van der Waals surface area contributed by atoms with Crippen LogP contribution >= 0.6 is 0 Å². The Morgan fingerprint density at radius 3 is 1.31 bits per heavy atom. The van der Waals surface area contributed by atoms with Crippen LogP contribution in [0.3, 0.4) is 0 Å². The molecule has 32 nitrogen and oxygen atoms in total. The Kier molecular flexibility index (Phi) is 34.9. The van der Waals surface area contributed by atoms with E-state index in [-0.39, 0.29) is 37.8 Å². The molecule has 32 heteroatoms. The number of hydrogen-bond acceptors (Lipinski definition) is 18. The van der Waals surface area contributed by atoms with Gasteiger partial charge in [0.25, 0.3) is 0 Å². The first-order valence-corrected chi connectivity index (χ1v) is 27.7. The molecule has 11 atom stereocenters. The highest BCUT2D eigenvalue weighted by Gasteiger charge is 2.37. The van der Waals surface area contributed by atoms with Gasteiger partial charge < -0.3 is 95.7 Å². The molecule has 12 amide bonds. The fraction of sp³-hybridized carbons (Fsp3) is 0.731. The summed E-state index contributed by atoms with van der Waals surface area (Å²) in [5.74, 6) is -16.3. The molecular formula is C52H92N14O18. The fourth-order valence-electron chi connectivity index (χ4n) is 7.76. The fourth-order valence-corrected chi connectivity index (χ4v) is 7.76. The minimum atomic E-state index is -1.90. The summed E-state index contributed by atoms with van der Waals surface area (Å²) in [6.45, 7) is 15.9. The monoisotopic (exact) mass is 1200 g/mol. The number of carboxylic acid groups (broad SMARTS) is 2. The van der Waals surface area contributed by atoms with E-state index in [0.717, 1.165) is 6.92 Å². The second kappa shape index (κ2) is 38.3. The van der Waals surface area contributed by atoms with Crippen molar-refractivity contribution in [1.82, 2.24) is 63.8 Å². The van der Waals surface area contributed by atoms with Gasteiger partial charge >= 0.3 is 11.9 Å². The maximum absolute atomic E-state index is 14.0. The Bertz CT molecular complexity index is 2280. The van der Waals surface area contributed by atoms with Gasteiger partial charge in [-0.1, -0.05) is 69.2 Å². The standard InChI is InChI=1S/C52H92N14O18/c1-23(2)17-31(60-50(81)40(26(7)8)64-43(74)28(11)57-49(80)39(25(5)6)62-34(69)19-54)45(76)58-30(15-13-14-16-53)44(75)65-38(24(3)4)48(79)56-20-35(70)55-21-36(71)63-42(29(12)68)51(82)61-33(22-67)47(78)59-32(18-37(72)73)46(77)66-41(27(9)10)52(83)84/h23-33,38-42,67-68H,13-22,53-54H2,1-12H3,(H,55,70)(H,56,79)(H,57,80)(H,58,76)(H,59,78)(H,60,81)(H,61,82)(H,62,69)(H,63,71)(H,64,74)(H,65,75)(H,66,77)(H,72,73)(H,83,84)/t28-,29+,30-,31-,32-,33-,38-,39-,40-,41-,42-/m0/s1. The molecule has 0 aromatic heterocycles. The number of nitrogens with two attached hydrogens (primary N) is 2. The van der Waals surface area contributed by atoms with E-state index in [0.29, 0.717) is 12.8 Å². The maximum Gasteiger partial charge on any atom is 0.326 e. The lowest BCUT2D eigenvalue weighted by molar-refractivity contribution is -0.144. The minimum Gasteiger partial charge on any atom is -0.481 e. The van der Waals surface area contributed by atoms with E-state index in [2.05, 4.69) is 53.2 Å². The number of unbranched alkanes of at least 4 members (excludes halogenated alkanes) is 1. The first kappa shape index (κ1) is 76.4. The molecule has 84 heavy (non-hydrogen) atoms. The van der Waals surface area contributed by atoms with Gasteiger partial charge in [0.1, 0.15) is 60.4 Å². The zero-order chi connectivity index (χ0) is 64.9. The molecule has 0 aromatic rings. The second-order valence-electron chi connectivity index (χ2n) is 22.0. The van der Waals surface area contributed by atoms with Crippen molar-refractivity contribution < 1.29 is 87.5 Å². The van der Waals surface area contributed by atoms with Crippen LogP contribution in [0.4, 0.5) is 0 Å². The molecule has 0 aromatic carbocycles. The van der Waals surface area contributed by atoms with Gasteiger partial charge in [0.05, 0.1) is 38.8 Å².